The van der Waals surface area contributed by atoms with Gasteiger partial charge in [-0.25, -0.2) is 0 Å². The SMILES string of the molecule is CC1C(=O)NCCN1C(=O)CC1CCCCC1. The van der Waals surface area contributed by atoms with Crippen molar-refractivity contribution in [2.75, 3.05) is 13.1 Å². The molecule has 4 heteroatoms. The lowest BCUT2D eigenvalue weighted by Crippen LogP contribution is -2.56. The van der Waals surface area contributed by atoms with Crippen molar-refractivity contribution in [1.82, 2.24) is 10.2 Å². The van der Waals surface area contributed by atoms with Crippen molar-refractivity contribution in [1.29, 1.82) is 0 Å². The zero-order valence-electron chi connectivity index (χ0n) is 10.6. The van der Waals surface area contributed by atoms with E-state index in [0.29, 0.717) is 25.4 Å². The third-order valence-electron chi connectivity index (χ3n) is 4.01. The largest absolute Gasteiger partial charge is 0.353 e. The number of carbonyl (C=O) groups is 2. The Bertz CT molecular complexity index is 298. The molecule has 0 bridgehead atoms. The second kappa shape index (κ2) is 5.52. The van der Waals surface area contributed by atoms with E-state index in [1.807, 2.05) is 6.92 Å². The molecule has 1 aliphatic heterocycles. The van der Waals surface area contributed by atoms with E-state index < -0.39 is 0 Å². The maximum atomic E-state index is 12.2. The predicted octanol–water partition coefficient (Wildman–Crippen LogP) is 1.30. The molecule has 0 radical (unpaired) electrons. The Morgan fingerprint density at radius 2 is 2.06 bits per heavy atom. The minimum Gasteiger partial charge on any atom is -0.353 e. The molecule has 17 heavy (non-hydrogen) atoms. The minimum absolute atomic E-state index is 0.0201. The van der Waals surface area contributed by atoms with E-state index in [1.54, 1.807) is 4.90 Å². The van der Waals surface area contributed by atoms with E-state index >= 15 is 0 Å². The number of nitrogens with zero attached hydrogens (tertiary/aromatic N) is 1. The average Bonchev–Trinajstić information content (AvgIpc) is 2.34. The summed E-state index contributed by atoms with van der Waals surface area (Å²) >= 11 is 0. The van der Waals surface area contributed by atoms with Crippen LogP contribution in [-0.2, 0) is 9.59 Å². The summed E-state index contributed by atoms with van der Waals surface area (Å²) < 4.78 is 0. The highest BCUT2D eigenvalue weighted by Gasteiger charge is 2.30. The van der Waals surface area contributed by atoms with Gasteiger partial charge in [0, 0.05) is 19.5 Å². The first-order valence-electron chi connectivity index (χ1n) is 6.75. The van der Waals surface area contributed by atoms with E-state index in [9.17, 15) is 9.59 Å². The Labute approximate surface area is 103 Å². The number of amides is 2. The lowest BCUT2D eigenvalue weighted by molar-refractivity contribution is -0.143. The summed E-state index contributed by atoms with van der Waals surface area (Å²) in [7, 11) is 0. The summed E-state index contributed by atoms with van der Waals surface area (Å²) in [4.78, 5) is 25.4. The van der Waals surface area contributed by atoms with Gasteiger partial charge in [0.2, 0.25) is 11.8 Å². The van der Waals surface area contributed by atoms with Gasteiger partial charge in [-0.05, 0) is 25.7 Å². The molecule has 2 fully saturated rings. The van der Waals surface area contributed by atoms with E-state index in [4.69, 9.17) is 0 Å². The topological polar surface area (TPSA) is 49.4 Å². The van der Waals surface area contributed by atoms with Gasteiger partial charge < -0.3 is 10.2 Å². The zero-order valence-corrected chi connectivity index (χ0v) is 10.6. The highest BCUT2D eigenvalue weighted by molar-refractivity contribution is 5.88. The highest BCUT2D eigenvalue weighted by atomic mass is 16.2. The summed E-state index contributed by atoms with van der Waals surface area (Å²) in [6.45, 7) is 3.07. The fourth-order valence-electron chi connectivity index (χ4n) is 2.88. The monoisotopic (exact) mass is 238 g/mol. The molecule has 0 aromatic heterocycles. The molecule has 1 unspecified atom stereocenters. The second-order valence-electron chi connectivity index (χ2n) is 5.26. The van der Waals surface area contributed by atoms with Crippen molar-refractivity contribution in [2.24, 2.45) is 5.92 Å². The van der Waals surface area contributed by atoms with Crippen molar-refractivity contribution >= 4 is 11.8 Å². The van der Waals surface area contributed by atoms with Gasteiger partial charge in [0.15, 0.2) is 0 Å². The molecule has 1 atom stereocenters. The van der Waals surface area contributed by atoms with Gasteiger partial charge >= 0.3 is 0 Å². The fraction of sp³-hybridized carbons (Fsp3) is 0.846. The van der Waals surface area contributed by atoms with Crippen LogP contribution in [-0.4, -0.2) is 35.8 Å². The first kappa shape index (κ1) is 12.4. The van der Waals surface area contributed by atoms with Crippen LogP contribution in [0.25, 0.3) is 0 Å². The number of nitrogens with one attached hydrogen (secondary N) is 1. The first-order chi connectivity index (χ1) is 8.18. The number of hydrogen-bond donors (Lipinski definition) is 1. The van der Waals surface area contributed by atoms with Gasteiger partial charge in [-0.1, -0.05) is 19.3 Å². The Kier molecular flexibility index (Phi) is 4.02. The molecule has 2 rings (SSSR count). The maximum absolute atomic E-state index is 12.2. The summed E-state index contributed by atoms with van der Waals surface area (Å²) in [5.74, 6) is 0.695. The lowest BCUT2D eigenvalue weighted by atomic mass is 9.86. The minimum atomic E-state index is -0.292. The molecule has 0 aromatic carbocycles. The van der Waals surface area contributed by atoms with Crippen LogP contribution in [0.15, 0.2) is 0 Å². The third kappa shape index (κ3) is 2.99. The van der Waals surface area contributed by atoms with Crippen LogP contribution in [0.1, 0.15) is 45.4 Å². The molecule has 4 nitrogen and oxygen atoms in total. The number of piperazine rings is 1. The number of carbonyl (C=O) groups excluding carboxylic acids is 2. The Hall–Kier alpha value is -1.06. The van der Waals surface area contributed by atoms with Gasteiger partial charge in [-0.15, -0.1) is 0 Å². The standard InChI is InChI=1S/C13H22N2O2/c1-10-13(17)14-7-8-15(10)12(16)9-11-5-3-2-4-6-11/h10-11H,2-9H2,1H3,(H,14,17). The summed E-state index contributed by atoms with van der Waals surface area (Å²) in [5, 5.41) is 2.79. The van der Waals surface area contributed by atoms with Gasteiger partial charge in [0.25, 0.3) is 0 Å². The smallest absolute Gasteiger partial charge is 0.242 e. The quantitative estimate of drug-likeness (QED) is 0.788. The molecule has 1 saturated heterocycles. The van der Waals surface area contributed by atoms with Crippen LogP contribution in [0.2, 0.25) is 0 Å². The van der Waals surface area contributed by atoms with Gasteiger partial charge in [0.1, 0.15) is 6.04 Å². The van der Waals surface area contributed by atoms with Crippen LogP contribution < -0.4 is 5.32 Å². The normalized spacial score (nSPS) is 26.8. The van der Waals surface area contributed by atoms with E-state index in [2.05, 4.69) is 5.32 Å². The zero-order chi connectivity index (χ0) is 12.3. The second-order valence-corrected chi connectivity index (χ2v) is 5.26. The molecular weight excluding hydrogens is 216 g/mol. The van der Waals surface area contributed by atoms with Crippen LogP contribution in [0, 0.1) is 5.92 Å². The van der Waals surface area contributed by atoms with Crippen molar-refractivity contribution in [3.05, 3.63) is 0 Å². The highest BCUT2D eigenvalue weighted by Crippen LogP contribution is 2.27. The molecule has 0 spiro atoms. The molecule has 1 saturated carbocycles. The average molecular weight is 238 g/mol. The van der Waals surface area contributed by atoms with E-state index in [1.165, 1.54) is 32.1 Å². The first-order valence-corrected chi connectivity index (χ1v) is 6.75. The maximum Gasteiger partial charge on any atom is 0.242 e. The molecule has 1 aliphatic carbocycles. The molecule has 2 aliphatic rings. The predicted molar refractivity (Wildman–Crippen MR) is 65.4 cm³/mol. The van der Waals surface area contributed by atoms with E-state index in [0.717, 1.165) is 0 Å². The summed E-state index contributed by atoms with van der Waals surface area (Å²) in [6.07, 6.45) is 6.83. The van der Waals surface area contributed by atoms with Crippen molar-refractivity contribution in [3.8, 4) is 0 Å². The molecule has 1 heterocycles. The van der Waals surface area contributed by atoms with Crippen LogP contribution in [0.5, 0.6) is 0 Å². The van der Waals surface area contributed by atoms with Gasteiger partial charge in [0.05, 0.1) is 0 Å². The van der Waals surface area contributed by atoms with Gasteiger partial charge in [-0.3, -0.25) is 9.59 Å². The van der Waals surface area contributed by atoms with Crippen molar-refractivity contribution in [2.45, 2.75) is 51.5 Å². The Morgan fingerprint density at radius 1 is 1.35 bits per heavy atom. The van der Waals surface area contributed by atoms with Gasteiger partial charge in [-0.2, -0.15) is 0 Å². The number of rotatable bonds is 2. The summed E-state index contributed by atoms with van der Waals surface area (Å²) in [5.41, 5.74) is 0. The van der Waals surface area contributed by atoms with Crippen LogP contribution in [0.3, 0.4) is 0 Å². The lowest BCUT2D eigenvalue weighted by Gasteiger charge is -2.34. The molecule has 1 N–H and O–H groups in total. The number of hydrogen-bond acceptors (Lipinski definition) is 2. The molecule has 2 amide bonds. The Morgan fingerprint density at radius 3 is 2.76 bits per heavy atom. The molecular formula is C13H22N2O2. The van der Waals surface area contributed by atoms with Crippen LogP contribution in [0.4, 0.5) is 0 Å². The molecule has 0 aromatic rings. The molecule has 96 valence electrons. The summed E-state index contributed by atoms with van der Waals surface area (Å²) in [6, 6.07) is -0.292. The van der Waals surface area contributed by atoms with E-state index in [-0.39, 0.29) is 17.9 Å². The van der Waals surface area contributed by atoms with Crippen molar-refractivity contribution in [3.63, 3.8) is 0 Å². The Balaban J connectivity index is 1.87. The fourth-order valence-corrected chi connectivity index (χ4v) is 2.88. The van der Waals surface area contributed by atoms with Crippen LogP contribution >= 0.6 is 0 Å². The third-order valence-corrected chi connectivity index (χ3v) is 4.01. The van der Waals surface area contributed by atoms with Crippen molar-refractivity contribution < 1.29 is 9.59 Å².